The van der Waals surface area contributed by atoms with E-state index in [1.807, 2.05) is 22.8 Å². The summed E-state index contributed by atoms with van der Waals surface area (Å²) in [4.78, 5) is 57.9. The van der Waals surface area contributed by atoms with Crippen molar-refractivity contribution in [2.75, 3.05) is 47.0 Å². The molecule has 12 nitrogen and oxygen atoms in total. The van der Waals surface area contributed by atoms with Crippen molar-refractivity contribution in [1.82, 2.24) is 14.9 Å². The molecule has 3 fully saturated rings. The molecule has 1 saturated carbocycles. The smallest absolute Gasteiger partial charge is 0.414 e. The van der Waals surface area contributed by atoms with Crippen LogP contribution in [0.5, 0.6) is 0 Å². The van der Waals surface area contributed by atoms with Crippen LogP contribution in [-0.2, 0) is 9.53 Å². The number of carbonyl (C=O) groups is 3. The van der Waals surface area contributed by atoms with Crippen LogP contribution >= 0.6 is 11.8 Å². The summed E-state index contributed by atoms with van der Waals surface area (Å²) in [6.45, 7) is 2.31. The zero-order valence-electron chi connectivity index (χ0n) is 21.3. The predicted molar refractivity (Wildman–Crippen MR) is 149 cm³/mol. The number of aromatic carboxylic acids is 1. The summed E-state index contributed by atoms with van der Waals surface area (Å²) in [7, 11) is 0. The minimum absolute atomic E-state index is 0.0567. The fraction of sp³-hybridized carbons (Fsp3) is 0.370. The molecule has 0 bridgehead atoms. The van der Waals surface area contributed by atoms with Crippen LogP contribution in [0, 0.1) is 0 Å². The molecule has 4 aliphatic rings. The SMILES string of the molecule is O=C1CSc2ccc(N3C[C@@H](CNC4CN(c5ccc6c(=O)c(C(=O)O)cn(C7CC7)c6n5)C4)OC3=O)cc2N1. The Morgan fingerprint density at radius 1 is 1.15 bits per heavy atom. The first-order chi connectivity index (χ1) is 19.3. The van der Waals surface area contributed by atoms with Crippen LogP contribution in [-0.4, -0.2) is 76.7 Å². The maximum atomic E-state index is 12.7. The first-order valence-electron chi connectivity index (χ1n) is 13.2. The molecule has 1 aliphatic carbocycles. The van der Waals surface area contributed by atoms with E-state index < -0.39 is 17.5 Å². The van der Waals surface area contributed by atoms with E-state index in [4.69, 9.17) is 9.72 Å². The number of nitrogens with zero attached hydrogens (tertiary/aromatic N) is 4. The Labute approximate surface area is 232 Å². The Morgan fingerprint density at radius 3 is 2.75 bits per heavy atom. The van der Waals surface area contributed by atoms with Gasteiger partial charge >= 0.3 is 12.1 Å². The molecular weight excluding hydrogens is 536 g/mol. The summed E-state index contributed by atoms with van der Waals surface area (Å²) in [5, 5.41) is 16.1. The third-order valence-electron chi connectivity index (χ3n) is 7.65. The molecule has 1 atom stereocenters. The molecule has 0 radical (unpaired) electrons. The van der Waals surface area contributed by atoms with Gasteiger partial charge in [0, 0.05) is 48.5 Å². The molecule has 2 aromatic heterocycles. The number of carboxylic acids is 1. The van der Waals surface area contributed by atoms with Crippen LogP contribution in [0.25, 0.3) is 11.0 Å². The van der Waals surface area contributed by atoms with Gasteiger partial charge in [-0.05, 0) is 43.2 Å². The Hall–Kier alpha value is -4.10. The van der Waals surface area contributed by atoms with Crippen molar-refractivity contribution in [3.8, 4) is 0 Å². The van der Waals surface area contributed by atoms with Crippen molar-refractivity contribution in [2.45, 2.75) is 35.9 Å². The zero-order valence-corrected chi connectivity index (χ0v) is 22.1. The van der Waals surface area contributed by atoms with Crippen molar-refractivity contribution in [3.05, 3.63) is 52.3 Å². The largest absolute Gasteiger partial charge is 0.477 e. The summed E-state index contributed by atoms with van der Waals surface area (Å²) >= 11 is 1.47. The van der Waals surface area contributed by atoms with Crippen molar-refractivity contribution in [1.29, 1.82) is 0 Å². The van der Waals surface area contributed by atoms with Gasteiger partial charge in [0.2, 0.25) is 11.3 Å². The highest BCUT2D eigenvalue weighted by molar-refractivity contribution is 8.00. The molecule has 5 heterocycles. The molecule has 7 rings (SSSR count). The van der Waals surface area contributed by atoms with Crippen LogP contribution in [0.15, 0.2) is 46.2 Å². The number of hydrogen-bond acceptors (Lipinski definition) is 9. The maximum absolute atomic E-state index is 12.7. The number of pyridine rings is 2. The van der Waals surface area contributed by atoms with Gasteiger partial charge in [0.25, 0.3) is 0 Å². The molecule has 3 N–H and O–H groups in total. The number of ether oxygens (including phenoxy) is 1. The van der Waals surface area contributed by atoms with E-state index >= 15 is 0 Å². The van der Waals surface area contributed by atoms with Crippen LogP contribution in [0.2, 0.25) is 0 Å². The first kappa shape index (κ1) is 24.9. The molecule has 1 aromatic carbocycles. The number of aromatic nitrogens is 2. The van der Waals surface area contributed by atoms with Crippen molar-refractivity contribution >= 4 is 58.0 Å². The van der Waals surface area contributed by atoms with Crippen LogP contribution in [0.4, 0.5) is 22.0 Å². The number of carbonyl (C=O) groups excluding carboxylic acids is 2. The summed E-state index contributed by atoms with van der Waals surface area (Å²) < 4.78 is 7.41. The highest BCUT2D eigenvalue weighted by atomic mass is 32.2. The van der Waals surface area contributed by atoms with Gasteiger partial charge < -0.3 is 29.9 Å². The van der Waals surface area contributed by atoms with Gasteiger partial charge in [0.05, 0.1) is 23.4 Å². The van der Waals surface area contributed by atoms with Gasteiger partial charge in [-0.25, -0.2) is 14.6 Å². The molecule has 0 spiro atoms. The van der Waals surface area contributed by atoms with E-state index in [0.29, 0.717) is 54.3 Å². The Kier molecular flexibility index (Phi) is 5.93. The third kappa shape index (κ3) is 4.44. The minimum Gasteiger partial charge on any atom is -0.477 e. The number of thioether (sulfide) groups is 1. The molecule has 2 amide bonds. The van der Waals surface area contributed by atoms with Gasteiger partial charge in [0.15, 0.2) is 0 Å². The van der Waals surface area contributed by atoms with Crippen LogP contribution in [0.3, 0.4) is 0 Å². The summed E-state index contributed by atoms with van der Waals surface area (Å²) in [6.07, 6.45) is 2.57. The number of anilines is 3. The third-order valence-corrected chi connectivity index (χ3v) is 8.73. The van der Waals surface area contributed by atoms with E-state index in [1.165, 1.54) is 18.0 Å². The number of nitrogens with one attached hydrogen (secondary N) is 2. The van der Waals surface area contributed by atoms with Gasteiger partial charge in [-0.2, -0.15) is 0 Å². The number of rotatable bonds is 7. The number of hydrogen-bond donors (Lipinski definition) is 3. The van der Waals surface area contributed by atoms with Crippen molar-refractivity contribution in [3.63, 3.8) is 0 Å². The Balaban J connectivity index is 0.976. The van der Waals surface area contributed by atoms with Gasteiger partial charge in [-0.1, -0.05) is 0 Å². The second-order valence-electron chi connectivity index (χ2n) is 10.5. The van der Waals surface area contributed by atoms with E-state index in [2.05, 4.69) is 15.5 Å². The molecule has 3 aliphatic heterocycles. The summed E-state index contributed by atoms with van der Waals surface area (Å²) in [5.41, 5.74) is 1.17. The van der Waals surface area contributed by atoms with E-state index in [-0.39, 0.29) is 29.7 Å². The molecule has 2 saturated heterocycles. The second kappa shape index (κ2) is 9.52. The lowest BCUT2D eigenvalue weighted by atomic mass is 10.1. The number of amides is 2. The number of fused-ring (bicyclic) bond motifs is 2. The van der Waals surface area contributed by atoms with E-state index in [1.54, 1.807) is 17.0 Å². The lowest BCUT2D eigenvalue weighted by molar-refractivity contribution is -0.113. The lowest BCUT2D eigenvalue weighted by Crippen LogP contribution is -2.59. The highest BCUT2D eigenvalue weighted by Gasteiger charge is 2.35. The van der Waals surface area contributed by atoms with Crippen molar-refractivity contribution < 1.29 is 24.2 Å². The Morgan fingerprint density at radius 2 is 1.98 bits per heavy atom. The fourth-order valence-electron chi connectivity index (χ4n) is 5.35. The fourth-order valence-corrected chi connectivity index (χ4v) is 6.13. The summed E-state index contributed by atoms with van der Waals surface area (Å²) in [6, 6.07) is 9.37. The van der Waals surface area contributed by atoms with E-state index in [0.717, 1.165) is 23.6 Å². The van der Waals surface area contributed by atoms with Crippen LogP contribution < -0.4 is 25.9 Å². The monoisotopic (exact) mass is 562 g/mol. The molecule has 40 heavy (non-hydrogen) atoms. The normalized spacial score (nSPS) is 20.8. The standard InChI is InChI=1S/C27H26N6O6S/c34-23-13-40-21-5-3-16(7-20(21)29-23)33-11-17(39-27(33)38)8-28-14-9-31(10-14)22-6-4-18-24(35)19(26(36)37)12-32(15-1-2-15)25(18)30-22/h3-7,12,14-15,17,28H,1-2,8-11,13H2,(H,29,34)(H,36,37)/t17-/m1/s1. The van der Waals surface area contributed by atoms with Crippen molar-refractivity contribution in [2.24, 2.45) is 0 Å². The lowest BCUT2D eigenvalue weighted by Gasteiger charge is -2.41. The predicted octanol–water partition coefficient (Wildman–Crippen LogP) is 2.28. The van der Waals surface area contributed by atoms with Crippen LogP contribution in [0.1, 0.15) is 29.2 Å². The quantitative estimate of drug-likeness (QED) is 0.392. The molecule has 0 unspecified atom stereocenters. The first-order valence-corrected chi connectivity index (χ1v) is 14.1. The zero-order chi connectivity index (χ0) is 27.5. The van der Waals surface area contributed by atoms with E-state index in [9.17, 15) is 24.3 Å². The van der Waals surface area contributed by atoms with Gasteiger partial charge in [0.1, 0.15) is 23.1 Å². The maximum Gasteiger partial charge on any atom is 0.414 e. The molecule has 13 heteroatoms. The Bertz CT molecular complexity index is 1630. The van der Waals surface area contributed by atoms with Gasteiger partial charge in [-0.15, -0.1) is 11.8 Å². The second-order valence-corrected chi connectivity index (χ2v) is 11.5. The number of cyclic esters (lactones) is 1. The average Bonchev–Trinajstić information content (AvgIpc) is 3.69. The molecule has 3 aromatic rings. The topological polar surface area (TPSA) is 146 Å². The van der Waals surface area contributed by atoms with Gasteiger partial charge in [-0.3, -0.25) is 14.5 Å². The summed E-state index contributed by atoms with van der Waals surface area (Å²) in [5.74, 6) is -0.165. The average molecular weight is 563 g/mol. The molecular formula is C27H26N6O6S. The molecule has 206 valence electrons. The number of benzene rings is 1. The number of carboxylic acid groups (broad SMARTS) is 1. The minimum atomic E-state index is -1.23. The highest BCUT2D eigenvalue weighted by Crippen LogP contribution is 2.37.